The van der Waals surface area contributed by atoms with Gasteiger partial charge in [-0.25, -0.2) is 0 Å². The monoisotopic (exact) mass is 682 g/mol. The molecule has 0 unspecified atom stereocenters. The number of fused-ring (bicyclic) bond motifs is 9. The zero-order chi connectivity index (χ0) is 36.1. The van der Waals surface area contributed by atoms with Crippen LogP contribution in [0.25, 0.3) is 87.9 Å². The fraction of sp³-hybridized carbons (Fsp3) is 0.0217. The molecule has 3 heterocycles. The maximum atomic E-state index is 12.2. The van der Waals surface area contributed by atoms with Gasteiger partial charge >= 0.3 is 294 Å². The molecular formula is C46H31BN4O2. The third-order valence-corrected chi connectivity index (χ3v) is 9.64. The van der Waals surface area contributed by atoms with E-state index in [1.54, 1.807) is 6.92 Å². The molecule has 0 saturated heterocycles. The molecule has 0 fully saturated rings. The van der Waals surface area contributed by atoms with Crippen molar-refractivity contribution < 1.29 is 10.2 Å². The van der Waals surface area contributed by atoms with Crippen molar-refractivity contribution in [2.24, 2.45) is 0 Å². The number of phenolic OH excluding ortho intramolecular Hbond substituents is 2. The van der Waals surface area contributed by atoms with Crippen LogP contribution in [0.1, 0.15) is 5.56 Å². The number of benzene rings is 6. The van der Waals surface area contributed by atoms with Crippen LogP contribution in [0, 0.1) is 6.92 Å². The van der Waals surface area contributed by atoms with Gasteiger partial charge in [-0.2, -0.15) is 0 Å². The predicted molar refractivity (Wildman–Crippen MR) is 221 cm³/mol. The van der Waals surface area contributed by atoms with Gasteiger partial charge in [0.25, 0.3) is 0 Å². The van der Waals surface area contributed by atoms with Crippen molar-refractivity contribution >= 4 is 84.3 Å². The van der Waals surface area contributed by atoms with Crippen LogP contribution in [0.4, 0.5) is 0 Å². The number of pyridine rings is 2. The Morgan fingerprint density at radius 1 is 0.453 bits per heavy atom. The second-order valence-electron chi connectivity index (χ2n) is 13.1. The Morgan fingerprint density at radius 2 is 0.868 bits per heavy atom. The molecule has 0 amide bonds. The number of para-hydroxylation sites is 2. The normalized spacial score (nSPS) is 11.3. The fourth-order valence-corrected chi connectivity index (χ4v) is 7.02. The number of hydrogen-bond donors (Lipinski definition) is 2. The topological polar surface area (TPSA) is 92.0 Å². The minimum absolute atomic E-state index is 0.0430. The molecule has 0 aliphatic heterocycles. The van der Waals surface area contributed by atoms with Gasteiger partial charge in [0.15, 0.2) is 0 Å². The average molecular weight is 683 g/mol. The molecule has 0 aliphatic carbocycles. The molecule has 7 heteroatoms. The zero-order valence-electron chi connectivity index (χ0n) is 28.8. The van der Waals surface area contributed by atoms with Crippen LogP contribution in [0.3, 0.4) is 0 Å². The third-order valence-electron chi connectivity index (χ3n) is 9.64. The molecule has 0 saturated carbocycles. The molecule has 0 atom stereocenters. The van der Waals surface area contributed by atoms with E-state index >= 15 is 0 Å². The fourth-order valence-electron chi connectivity index (χ4n) is 7.02. The summed E-state index contributed by atoms with van der Waals surface area (Å²) in [7, 11) is 0. The number of aromatic hydroxyl groups is 2. The molecule has 53 heavy (non-hydrogen) atoms. The van der Waals surface area contributed by atoms with Crippen LogP contribution in [-0.4, -0.2) is 43.5 Å². The van der Waals surface area contributed by atoms with E-state index in [0.29, 0.717) is 66.0 Å². The van der Waals surface area contributed by atoms with Gasteiger partial charge < -0.3 is 0 Å². The van der Waals surface area contributed by atoms with Crippen LogP contribution < -0.4 is 5.46 Å². The van der Waals surface area contributed by atoms with E-state index in [0.717, 1.165) is 32.9 Å². The summed E-state index contributed by atoms with van der Waals surface area (Å²) in [6.45, 7) is 7.85. The number of aryl methyl sites for hydroxylation is 1. The molecule has 0 radical (unpaired) electrons. The molecule has 9 rings (SSSR count). The molecule has 6 nitrogen and oxygen atoms in total. The predicted octanol–water partition coefficient (Wildman–Crippen LogP) is 9.69. The van der Waals surface area contributed by atoms with E-state index in [4.69, 9.17) is 19.9 Å². The summed E-state index contributed by atoms with van der Waals surface area (Å²) in [5.41, 5.74) is 8.21. The molecule has 9 aromatic rings. The quantitative estimate of drug-likeness (QED) is 0.142. The van der Waals surface area contributed by atoms with Crippen molar-refractivity contribution in [1.29, 1.82) is 0 Å². The molecule has 0 spiro atoms. The maximum absolute atomic E-state index is 12.2. The Bertz CT molecular complexity index is 3060. The first-order valence-electron chi connectivity index (χ1n) is 17.4. The summed E-state index contributed by atoms with van der Waals surface area (Å²) in [6.07, 6.45) is 0. The second kappa shape index (κ2) is 13.0. The van der Waals surface area contributed by atoms with Crippen LogP contribution in [0.15, 0.2) is 146 Å². The molecule has 8 bridgehead atoms. The van der Waals surface area contributed by atoms with Gasteiger partial charge in [0, 0.05) is 0 Å². The van der Waals surface area contributed by atoms with E-state index in [1.165, 1.54) is 0 Å². The molecule has 6 aromatic carbocycles. The van der Waals surface area contributed by atoms with Gasteiger partial charge in [0.1, 0.15) is 0 Å². The Morgan fingerprint density at radius 3 is 1.38 bits per heavy atom. The van der Waals surface area contributed by atoms with E-state index < -0.39 is 0 Å². The Labute approximate surface area is 305 Å². The zero-order valence-corrected chi connectivity index (χ0v) is 28.8. The standard InChI is InChI=1S/C46H31BN4O2/c1-27-23-33-37-21-19-30-17-18-31-20-22-38(49-44(31)43(30)48-37)34-25-32(47-2)26-36(46(34)53)42(29-13-7-4-8-14-29)51-40-16-10-9-15-39(40)50-41(35(24-27)45(33)52)28-11-5-3-6-12-28/h3-26,52-53H,2H2,1H3. The summed E-state index contributed by atoms with van der Waals surface area (Å²) >= 11 is 0. The van der Waals surface area contributed by atoms with Crippen LogP contribution in [-0.2, 0) is 0 Å². The Hall–Kier alpha value is -6.99. The summed E-state index contributed by atoms with van der Waals surface area (Å²) in [6, 6.07) is 46.9. The average Bonchev–Trinajstić information content (AvgIpc) is 3.20. The number of nitrogens with zero attached hydrogens (tertiary/aromatic N) is 4. The van der Waals surface area contributed by atoms with Crippen molar-refractivity contribution in [3.8, 4) is 34.0 Å². The van der Waals surface area contributed by atoms with Gasteiger partial charge in [0.05, 0.1) is 0 Å². The molecule has 2 N–H and O–H groups in total. The van der Waals surface area contributed by atoms with Gasteiger partial charge in [-0.15, -0.1) is 0 Å². The minimum atomic E-state index is 0.0430. The van der Waals surface area contributed by atoms with Crippen molar-refractivity contribution in [2.75, 3.05) is 0 Å². The Balaban J connectivity index is 1.60. The number of aromatic nitrogens is 4. The first kappa shape index (κ1) is 32.0. The van der Waals surface area contributed by atoms with Crippen molar-refractivity contribution in [3.63, 3.8) is 0 Å². The van der Waals surface area contributed by atoms with E-state index in [1.807, 2.05) is 153 Å². The molecule has 250 valence electrons. The molecule has 0 aliphatic rings. The molecule has 3 aromatic heterocycles. The first-order chi connectivity index (χ1) is 25.9. The van der Waals surface area contributed by atoms with Crippen LogP contribution in [0.2, 0.25) is 0 Å². The van der Waals surface area contributed by atoms with Gasteiger partial charge in [-0.1, -0.05) is 6.07 Å². The van der Waals surface area contributed by atoms with E-state index in [9.17, 15) is 10.2 Å². The van der Waals surface area contributed by atoms with Gasteiger partial charge in [-0.3, -0.25) is 0 Å². The summed E-state index contributed by atoms with van der Waals surface area (Å²) in [5, 5.41) is 28.4. The third kappa shape index (κ3) is 5.69. The number of hydrogen-bond acceptors (Lipinski definition) is 6. The Kier molecular flexibility index (Phi) is 7.82. The van der Waals surface area contributed by atoms with Crippen molar-refractivity contribution in [3.05, 3.63) is 151 Å². The summed E-state index contributed by atoms with van der Waals surface area (Å²) in [4.78, 5) is 20.9. The SMILES string of the molecule is C=Bc1cc2c(-c3ccccc3)nc3ccccc3nc(-c3ccccc3)c3cc(C)cc(c3O)c3ccc4ccc5ccc(nc5c4n3)c(c1)c2O. The molecular weight excluding hydrogens is 651 g/mol. The van der Waals surface area contributed by atoms with Crippen molar-refractivity contribution in [1.82, 2.24) is 19.9 Å². The second-order valence-corrected chi connectivity index (χ2v) is 13.1. The van der Waals surface area contributed by atoms with E-state index in [2.05, 4.69) is 6.47 Å². The number of rotatable bonds is 3. The van der Waals surface area contributed by atoms with E-state index in [-0.39, 0.29) is 11.5 Å². The summed E-state index contributed by atoms with van der Waals surface area (Å²) < 4.78 is 0. The van der Waals surface area contributed by atoms with Crippen LogP contribution in [0.5, 0.6) is 11.5 Å². The van der Waals surface area contributed by atoms with Gasteiger partial charge in [0.2, 0.25) is 0 Å². The summed E-state index contributed by atoms with van der Waals surface area (Å²) in [5.74, 6) is 0.115. The van der Waals surface area contributed by atoms with Crippen molar-refractivity contribution in [2.45, 2.75) is 6.92 Å². The number of phenols is 2. The first-order valence-corrected chi connectivity index (χ1v) is 17.4. The van der Waals surface area contributed by atoms with Crippen LogP contribution >= 0.6 is 0 Å². The van der Waals surface area contributed by atoms with Gasteiger partial charge in [-0.05, 0) is 6.92 Å².